The molecule has 0 heterocycles. The summed E-state index contributed by atoms with van der Waals surface area (Å²) < 4.78 is 5.60. The van der Waals surface area contributed by atoms with Crippen molar-refractivity contribution in [3.05, 3.63) is 12.2 Å². The highest BCUT2D eigenvalue weighted by Gasteiger charge is 2.52. The smallest absolute Gasteiger partial charge is 0.302 e. The summed E-state index contributed by atoms with van der Waals surface area (Å²) in [4.78, 5) is 11.4. The zero-order valence-corrected chi connectivity index (χ0v) is 14.7. The quantitative estimate of drug-likeness (QED) is 0.531. The van der Waals surface area contributed by atoms with Crippen LogP contribution in [0.25, 0.3) is 0 Å². The van der Waals surface area contributed by atoms with E-state index in [4.69, 9.17) is 4.74 Å². The first-order valence-electron chi connectivity index (χ1n) is 9.25. The van der Waals surface area contributed by atoms with E-state index < -0.39 is 0 Å². The van der Waals surface area contributed by atoms with E-state index in [9.17, 15) is 4.79 Å². The standard InChI is InChI=1S/C20H32O2/c1-13-17-10-9-16-7-5-6-8-18(16)19(17)11-12-20(13,4)14(2)22-15(3)21/h5-6,13-14,16-19H,7-12H2,1-4H3/t13?,14-,16+,17?,18?,19?,20?/m0/s1. The van der Waals surface area contributed by atoms with Gasteiger partial charge in [0.05, 0.1) is 0 Å². The molecule has 2 nitrogen and oxygen atoms in total. The predicted octanol–water partition coefficient (Wildman–Crippen LogP) is 4.98. The lowest BCUT2D eigenvalue weighted by molar-refractivity contribution is -0.162. The fourth-order valence-electron chi connectivity index (χ4n) is 5.89. The molecular weight excluding hydrogens is 272 g/mol. The fraction of sp³-hybridized carbons (Fsp3) is 0.850. The highest BCUT2D eigenvalue weighted by Crippen LogP contribution is 2.58. The van der Waals surface area contributed by atoms with Crippen molar-refractivity contribution in [1.82, 2.24) is 0 Å². The second-order valence-electron chi connectivity index (χ2n) is 8.36. The molecule has 3 rings (SSSR count). The van der Waals surface area contributed by atoms with Gasteiger partial charge in [-0.1, -0.05) is 26.0 Å². The van der Waals surface area contributed by atoms with Crippen molar-refractivity contribution >= 4 is 5.97 Å². The molecule has 2 fully saturated rings. The largest absolute Gasteiger partial charge is 0.462 e. The van der Waals surface area contributed by atoms with Crippen LogP contribution >= 0.6 is 0 Å². The number of carbonyl (C=O) groups excluding carboxylic acids is 1. The molecule has 3 aliphatic rings. The summed E-state index contributed by atoms with van der Waals surface area (Å²) in [6, 6.07) is 0. The van der Waals surface area contributed by atoms with Gasteiger partial charge in [-0.2, -0.15) is 0 Å². The summed E-state index contributed by atoms with van der Waals surface area (Å²) in [7, 11) is 0. The van der Waals surface area contributed by atoms with Crippen molar-refractivity contribution in [2.45, 2.75) is 72.3 Å². The molecule has 0 saturated heterocycles. The maximum Gasteiger partial charge on any atom is 0.302 e. The summed E-state index contributed by atoms with van der Waals surface area (Å²) in [6.45, 7) is 8.42. The molecule has 7 atom stereocenters. The van der Waals surface area contributed by atoms with Crippen LogP contribution in [0.3, 0.4) is 0 Å². The maximum atomic E-state index is 11.4. The van der Waals surface area contributed by atoms with Crippen molar-refractivity contribution in [3.63, 3.8) is 0 Å². The molecule has 0 N–H and O–H groups in total. The molecule has 0 spiro atoms. The SMILES string of the molecule is CC(=O)O[C@@H](C)C1(C)CCC2C(CC[C@H]3CC=CCC23)C1C. The minimum atomic E-state index is -0.135. The molecular formula is C20H32O2. The monoisotopic (exact) mass is 304 g/mol. The Morgan fingerprint density at radius 1 is 1.14 bits per heavy atom. The van der Waals surface area contributed by atoms with Crippen molar-refractivity contribution in [2.24, 2.45) is 35.0 Å². The van der Waals surface area contributed by atoms with Crippen LogP contribution in [0.2, 0.25) is 0 Å². The highest BCUT2D eigenvalue weighted by atomic mass is 16.5. The first kappa shape index (κ1) is 16.1. The number of hydrogen-bond acceptors (Lipinski definition) is 2. The normalized spacial score (nSPS) is 45.5. The molecule has 0 aromatic rings. The van der Waals surface area contributed by atoms with Gasteiger partial charge in [0.15, 0.2) is 0 Å². The molecule has 0 aromatic heterocycles. The van der Waals surface area contributed by atoms with E-state index in [0.29, 0.717) is 5.92 Å². The van der Waals surface area contributed by atoms with Crippen LogP contribution in [0.4, 0.5) is 0 Å². The predicted molar refractivity (Wildman–Crippen MR) is 89.3 cm³/mol. The van der Waals surface area contributed by atoms with Gasteiger partial charge in [0.1, 0.15) is 6.10 Å². The molecule has 5 unspecified atom stereocenters. The van der Waals surface area contributed by atoms with Crippen molar-refractivity contribution in [2.75, 3.05) is 0 Å². The number of fused-ring (bicyclic) bond motifs is 3. The lowest BCUT2D eigenvalue weighted by Gasteiger charge is -2.56. The molecule has 124 valence electrons. The second kappa shape index (κ2) is 6.02. The Morgan fingerprint density at radius 3 is 2.59 bits per heavy atom. The van der Waals surface area contributed by atoms with Crippen LogP contribution in [0.5, 0.6) is 0 Å². The fourth-order valence-corrected chi connectivity index (χ4v) is 5.89. The Bertz CT molecular complexity index is 455. The van der Waals surface area contributed by atoms with Crippen LogP contribution in [0.15, 0.2) is 12.2 Å². The van der Waals surface area contributed by atoms with Crippen LogP contribution in [0.1, 0.15) is 66.2 Å². The van der Waals surface area contributed by atoms with Gasteiger partial charge in [-0.3, -0.25) is 4.79 Å². The van der Waals surface area contributed by atoms with E-state index >= 15 is 0 Å². The lowest BCUT2D eigenvalue weighted by atomic mass is 9.50. The van der Waals surface area contributed by atoms with E-state index in [2.05, 4.69) is 32.9 Å². The van der Waals surface area contributed by atoms with Gasteiger partial charge in [-0.25, -0.2) is 0 Å². The van der Waals surface area contributed by atoms with Gasteiger partial charge in [-0.15, -0.1) is 0 Å². The number of allylic oxidation sites excluding steroid dienone is 2. The van der Waals surface area contributed by atoms with E-state index in [0.717, 1.165) is 23.7 Å². The average Bonchev–Trinajstić information content (AvgIpc) is 2.50. The summed E-state index contributed by atoms with van der Waals surface area (Å²) >= 11 is 0. The highest BCUT2D eigenvalue weighted by molar-refractivity contribution is 5.66. The summed E-state index contributed by atoms with van der Waals surface area (Å²) in [5.74, 6) is 4.09. The van der Waals surface area contributed by atoms with E-state index in [1.807, 2.05) is 0 Å². The van der Waals surface area contributed by atoms with Gasteiger partial charge in [0, 0.05) is 12.3 Å². The molecule has 2 saturated carbocycles. The Hall–Kier alpha value is -0.790. The van der Waals surface area contributed by atoms with Crippen LogP contribution < -0.4 is 0 Å². The van der Waals surface area contributed by atoms with Gasteiger partial charge in [-0.05, 0) is 75.0 Å². The lowest BCUT2D eigenvalue weighted by Crippen LogP contribution is -2.51. The number of esters is 1. The zero-order chi connectivity index (χ0) is 15.9. The topological polar surface area (TPSA) is 26.3 Å². The van der Waals surface area contributed by atoms with Crippen molar-refractivity contribution in [1.29, 1.82) is 0 Å². The molecule has 2 heteroatoms. The number of rotatable bonds is 2. The number of hydrogen-bond donors (Lipinski definition) is 0. The van der Waals surface area contributed by atoms with Gasteiger partial charge in [0.25, 0.3) is 0 Å². The molecule has 0 radical (unpaired) electrons. The van der Waals surface area contributed by atoms with Crippen LogP contribution in [0, 0.1) is 35.0 Å². The second-order valence-corrected chi connectivity index (χ2v) is 8.36. The third-order valence-electron chi connectivity index (χ3n) is 7.56. The third-order valence-corrected chi connectivity index (χ3v) is 7.56. The van der Waals surface area contributed by atoms with Gasteiger partial charge >= 0.3 is 5.97 Å². The van der Waals surface area contributed by atoms with E-state index in [-0.39, 0.29) is 17.5 Å². The van der Waals surface area contributed by atoms with Crippen LogP contribution in [-0.4, -0.2) is 12.1 Å². The zero-order valence-electron chi connectivity index (χ0n) is 14.7. The summed E-state index contributed by atoms with van der Waals surface area (Å²) in [6.07, 6.45) is 12.8. The molecule has 0 bridgehead atoms. The molecule has 3 aliphatic carbocycles. The van der Waals surface area contributed by atoms with Crippen molar-refractivity contribution < 1.29 is 9.53 Å². The first-order chi connectivity index (χ1) is 10.4. The Morgan fingerprint density at radius 2 is 1.86 bits per heavy atom. The van der Waals surface area contributed by atoms with Crippen molar-refractivity contribution in [3.8, 4) is 0 Å². The molecule has 0 amide bonds. The van der Waals surface area contributed by atoms with Gasteiger partial charge < -0.3 is 4.74 Å². The maximum absolute atomic E-state index is 11.4. The number of carbonyl (C=O) groups is 1. The minimum Gasteiger partial charge on any atom is -0.462 e. The number of ether oxygens (including phenoxy) is 1. The van der Waals surface area contributed by atoms with E-state index in [1.165, 1.54) is 45.4 Å². The average molecular weight is 304 g/mol. The summed E-state index contributed by atoms with van der Waals surface area (Å²) in [5.41, 5.74) is 0.143. The van der Waals surface area contributed by atoms with E-state index in [1.54, 1.807) is 0 Å². The van der Waals surface area contributed by atoms with Crippen LogP contribution in [-0.2, 0) is 9.53 Å². The molecule has 0 aliphatic heterocycles. The third kappa shape index (κ3) is 2.63. The Labute approximate surface area is 135 Å². The Balaban J connectivity index is 1.77. The summed E-state index contributed by atoms with van der Waals surface area (Å²) in [5, 5.41) is 0. The molecule has 0 aromatic carbocycles. The van der Waals surface area contributed by atoms with Gasteiger partial charge in [0.2, 0.25) is 0 Å². The Kier molecular flexibility index (Phi) is 4.40. The molecule has 22 heavy (non-hydrogen) atoms. The first-order valence-corrected chi connectivity index (χ1v) is 9.25. The minimum absolute atomic E-state index is 0.0323.